The zero-order valence-corrected chi connectivity index (χ0v) is 22.4. The second kappa shape index (κ2) is 7.65. The van der Waals surface area contributed by atoms with Crippen molar-refractivity contribution < 1.29 is 20.1 Å². The lowest BCUT2D eigenvalue weighted by Gasteiger charge is -2.64. The van der Waals surface area contributed by atoms with Gasteiger partial charge in [-0.1, -0.05) is 47.1 Å². The molecule has 5 rings (SSSR count). The molecule has 4 heteroatoms. The molecule has 3 N–H and O–H groups in total. The van der Waals surface area contributed by atoms with Crippen LogP contribution in [-0.2, 0) is 4.79 Å². The largest absolute Gasteiger partial charge is 0.396 e. The molecule has 4 nitrogen and oxygen atoms in total. The third-order valence-electron chi connectivity index (χ3n) is 12.7. The van der Waals surface area contributed by atoms with Crippen LogP contribution in [0.3, 0.4) is 0 Å². The van der Waals surface area contributed by atoms with E-state index in [9.17, 15) is 20.1 Å². The molecule has 0 unspecified atom stereocenters. The van der Waals surface area contributed by atoms with E-state index in [-0.39, 0.29) is 34.6 Å². The van der Waals surface area contributed by atoms with Crippen LogP contribution in [0.15, 0.2) is 11.6 Å². The highest BCUT2D eigenvalue weighted by atomic mass is 16.3. The van der Waals surface area contributed by atoms with Gasteiger partial charge in [0.15, 0.2) is 5.78 Å². The second-order valence-corrected chi connectivity index (χ2v) is 14.8. The minimum Gasteiger partial charge on any atom is -0.396 e. The van der Waals surface area contributed by atoms with E-state index < -0.39 is 23.0 Å². The first-order valence-electron chi connectivity index (χ1n) is 14.0. The third-order valence-corrected chi connectivity index (χ3v) is 12.7. The fourth-order valence-electron chi connectivity index (χ4n) is 10.9. The second-order valence-electron chi connectivity index (χ2n) is 14.8. The smallest absolute Gasteiger partial charge is 0.159 e. The first-order chi connectivity index (χ1) is 15.7. The Balaban J connectivity index is 1.54. The molecule has 4 fully saturated rings. The van der Waals surface area contributed by atoms with E-state index in [0.29, 0.717) is 17.8 Å². The molecule has 0 heterocycles. The molecule has 192 valence electrons. The van der Waals surface area contributed by atoms with Crippen LogP contribution in [0.25, 0.3) is 0 Å². The maximum Gasteiger partial charge on any atom is 0.159 e. The number of hydrogen-bond donors (Lipinski definition) is 3. The molecule has 0 spiro atoms. The molecule has 0 aromatic rings. The van der Waals surface area contributed by atoms with Crippen molar-refractivity contribution in [1.82, 2.24) is 0 Å². The first kappa shape index (κ1) is 25.0. The normalized spacial score (nSPS) is 54.6. The maximum atomic E-state index is 13.6. The number of fused-ring (bicyclic) bond motifs is 6. The molecule has 34 heavy (non-hydrogen) atoms. The molecule has 0 bridgehead atoms. The average Bonchev–Trinajstić information content (AvgIpc) is 2.90. The van der Waals surface area contributed by atoms with Gasteiger partial charge in [0.2, 0.25) is 0 Å². The van der Waals surface area contributed by atoms with Crippen molar-refractivity contribution >= 4 is 5.78 Å². The summed E-state index contributed by atoms with van der Waals surface area (Å²) in [6.07, 6.45) is 10.1. The highest BCUT2D eigenvalue weighted by molar-refractivity contribution is 5.95. The fourth-order valence-corrected chi connectivity index (χ4v) is 10.9. The van der Waals surface area contributed by atoms with Gasteiger partial charge in [0, 0.05) is 16.7 Å². The average molecular weight is 473 g/mol. The summed E-state index contributed by atoms with van der Waals surface area (Å²) in [6.45, 7) is 13.6. The summed E-state index contributed by atoms with van der Waals surface area (Å²) in [5.74, 6) is 1.40. The number of carbonyl (C=O) groups excluding carboxylic acids is 1. The van der Waals surface area contributed by atoms with Crippen LogP contribution >= 0.6 is 0 Å². The molecule has 5 aliphatic rings. The van der Waals surface area contributed by atoms with Crippen LogP contribution in [0.1, 0.15) is 99.3 Å². The van der Waals surface area contributed by atoms with E-state index in [1.165, 1.54) is 5.57 Å². The first-order valence-corrected chi connectivity index (χ1v) is 14.0. The highest BCUT2D eigenvalue weighted by Crippen LogP contribution is 2.70. The Morgan fingerprint density at radius 1 is 0.824 bits per heavy atom. The van der Waals surface area contributed by atoms with E-state index in [2.05, 4.69) is 41.5 Å². The van der Waals surface area contributed by atoms with E-state index in [1.807, 2.05) is 6.08 Å². The third kappa shape index (κ3) is 3.10. The Hall–Kier alpha value is -0.710. The lowest BCUT2D eigenvalue weighted by atomic mass is 9.42. The molecule has 0 amide bonds. The van der Waals surface area contributed by atoms with Crippen LogP contribution in [0.4, 0.5) is 0 Å². The summed E-state index contributed by atoms with van der Waals surface area (Å²) >= 11 is 0. The number of carbonyl (C=O) groups is 1. The van der Waals surface area contributed by atoms with Gasteiger partial charge in [-0.15, -0.1) is 0 Å². The monoisotopic (exact) mass is 472 g/mol. The molecular weight excluding hydrogens is 424 g/mol. The van der Waals surface area contributed by atoms with Crippen molar-refractivity contribution in [2.45, 2.75) is 112 Å². The van der Waals surface area contributed by atoms with Gasteiger partial charge in [0.1, 0.15) is 0 Å². The number of rotatable bonds is 1. The van der Waals surface area contributed by atoms with Gasteiger partial charge >= 0.3 is 0 Å². The molecule has 0 saturated heterocycles. The van der Waals surface area contributed by atoms with Gasteiger partial charge in [-0.2, -0.15) is 0 Å². The Bertz CT molecular complexity index is 892. The zero-order valence-electron chi connectivity index (χ0n) is 22.4. The van der Waals surface area contributed by atoms with Gasteiger partial charge in [-0.25, -0.2) is 0 Å². The number of allylic oxidation sites excluding steroid dienone is 2. The van der Waals surface area contributed by atoms with Crippen LogP contribution in [0.2, 0.25) is 0 Å². The molecule has 5 aliphatic carbocycles. The summed E-state index contributed by atoms with van der Waals surface area (Å²) < 4.78 is 0. The van der Waals surface area contributed by atoms with Crippen molar-refractivity contribution in [1.29, 1.82) is 0 Å². The molecule has 0 aliphatic heterocycles. The summed E-state index contributed by atoms with van der Waals surface area (Å²) in [7, 11) is 0. The molecule has 0 aromatic heterocycles. The van der Waals surface area contributed by atoms with Crippen molar-refractivity contribution in [2.75, 3.05) is 6.61 Å². The molecule has 10 atom stereocenters. The van der Waals surface area contributed by atoms with Gasteiger partial charge in [0.05, 0.1) is 18.8 Å². The van der Waals surface area contributed by atoms with Gasteiger partial charge in [-0.05, 0) is 97.9 Å². The molecule has 0 aromatic carbocycles. The lowest BCUT2D eigenvalue weighted by molar-refractivity contribution is -0.189. The summed E-state index contributed by atoms with van der Waals surface area (Å²) in [5.41, 5.74) is 0.722. The minimum absolute atomic E-state index is 0.0529. The van der Waals surface area contributed by atoms with Gasteiger partial charge < -0.3 is 15.3 Å². The fraction of sp³-hybridized carbons (Fsp3) is 0.900. The predicted octanol–water partition coefficient (Wildman–Crippen LogP) is 5.29. The van der Waals surface area contributed by atoms with E-state index in [4.69, 9.17) is 0 Å². The van der Waals surface area contributed by atoms with Crippen molar-refractivity contribution in [3.63, 3.8) is 0 Å². The summed E-state index contributed by atoms with van der Waals surface area (Å²) in [5, 5.41) is 32.1. The number of aliphatic hydroxyl groups is 3. The number of ketones is 1. The van der Waals surface area contributed by atoms with Crippen molar-refractivity contribution in [3.8, 4) is 0 Å². The Morgan fingerprint density at radius 3 is 2.15 bits per heavy atom. The zero-order chi connectivity index (χ0) is 24.9. The Labute approximate surface area is 206 Å². The van der Waals surface area contributed by atoms with Crippen molar-refractivity contribution in [3.05, 3.63) is 11.6 Å². The van der Waals surface area contributed by atoms with Crippen molar-refractivity contribution in [2.24, 2.45) is 50.7 Å². The topological polar surface area (TPSA) is 77.8 Å². The molecule has 4 saturated carbocycles. The standard InChI is InChI=1S/C30H48O4/c1-26(2)23(33)10-13-28(4)19-7-8-21-27(3,16-18(19)15-20(32)25(26)28)12-9-22-29(21,5)14-11-24(34)30(22,6)17-31/h15,19,21-25,31,33-34H,7-14,16-17H2,1-6H3/t19-,21+,22+,23-,24-,25-,27-,28+,29+,30+/m0/s1. The maximum absolute atomic E-state index is 13.6. The van der Waals surface area contributed by atoms with Gasteiger partial charge in [-0.3, -0.25) is 4.79 Å². The van der Waals surface area contributed by atoms with Crippen LogP contribution in [-0.4, -0.2) is 39.9 Å². The Kier molecular flexibility index (Phi) is 5.62. The van der Waals surface area contributed by atoms with Gasteiger partial charge in [0.25, 0.3) is 0 Å². The lowest BCUT2D eigenvalue weighted by Crippen LogP contribution is -2.60. The summed E-state index contributed by atoms with van der Waals surface area (Å²) in [6, 6.07) is 0. The quantitative estimate of drug-likeness (QED) is 0.484. The number of hydrogen-bond acceptors (Lipinski definition) is 4. The van der Waals surface area contributed by atoms with Crippen LogP contribution in [0, 0.1) is 50.7 Å². The van der Waals surface area contributed by atoms with E-state index in [1.54, 1.807) is 0 Å². The van der Waals surface area contributed by atoms with Crippen LogP contribution in [0.5, 0.6) is 0 Å². The Morgan fingerprint density at radius 2 is 1.47 bits per heavy atom. The molecular formula is C30H48O4. The van der Waals surface area contributed by atoms with Crippen LogP contribution < -0.4 is 0 Å². The minimum atomic E-state index is -0.427. The predicted molar refractivity (Wildman–Crippen MR) is 134 cm³/mol. The van der Waals surface area contributed by atoms with E-state index >= 15 is 0 Å². The number of aliphatic hydroxyl groups excluding tert-OH is 3. The SMILES string of the molecule is CC1(C)[C@@H](O)CC[C@]2(C)[C@H]3CC[C@@H]4[C@@](C)(CC[C@@H]5[C@]4(C)CC[C@H](O)[C@]5(C)CO)CC3=CC(=O)[C@@H]12. The summed E-state index contributed by atoms with van der Waals surface area (Å²) in [4.78, 5) is 13.6. The van der Waals surface area contributed by atoms with E-state index in [0.717, 1.165) is 57.8 Å². The highest BCUT2D eigenvalue weighted by Gasteiger charge is 2.64. The molecule has 0 radical (unpaired) electrons.